The minimum absolute atomic E-state index is 0. The minimum Gasteiger partial charge on any atom is -1.00 e. The Balaban J connectivity index is 0. The summed E-state index contributed by atoms with van der Waals surface area (Å²) >= 11 is 0. The van der Waals surface area contributed by atoms with E-state index < -0.39 is 0 Å². The van der Waals surface area contributed by atoms with E-state index in [1.54, 1.807) is 6.07 Å². The molecule has 0 atom stereocenters. The van der Waals surface area contributed by atoms with Gasteiger partial charge < -0.3 is 21.7 Å². The fourth-order valence-corrected chi connectivity index (χ4v) is 0.519. The van der Waals surface area contributed by atoms with Gasteiger partial charge in [0.15, 0.2) is 0 Å². The zero-order valence-electron chi connectivity index (χ0n) is 6.10. The molecule has 1 nitrogen and oxygen atoms in total. The molecule has 0 aliphatic carbocycles. The molecule has 56 valence electrons. The van der Waals surface area contributed by atoms with Gasteiger partial charge in [0.05, 0.1) is 7.11 Å². The summed E-state index contributed by atoms with van der Waals surface area (Å²) < 4.78 is 16.9. The van der Waals surface area contributed by atoms with Gasteiger partial charge in [-0.25, -0.2) is 4.39 Å². The van der Waals surface area contributed by atoms with Crippen LogP contribution < -0.4 is 21.7 Å². The molecule has 11 heavy (non-hydrogen) atoms. The maximum absolute atomic E-state index is 12.1. The van der Waals surface area contributed by atoms with Crippen LogP contribution in [-0.4, -0.2) is 30.2 Å². The first-order valence-electron chi connectivity index (χ1n) is 2.54. The van der Waals surface area contributed by atoms with Crippen molar-refractivity contribution in [3.63, 3.8) is 0 Å². The first-order chi connectivity index (χ1) is 4.33. The number of hydrogen-bond donors (Lipinski definition) is 0. The van der Waals surface area contributed by atoms with Gasteiger partial charge in [0.25, 0.3) is 0 Å². The van der Waals surface area contributed by atoms with Crippen molar-refractivity contribution in [2.75, 3.05) is 7.11 Å². The zero-order valence-corrected chi connectivity index (χ0v) is 9.10. The van der Waals surface area contributed by atoms with Gasteiger partial charge in [0, 0.05) is 11.6 Å². The van der Waals surface area contributed by atoms with Gasteiger partial charge in [-0.1, -0.05) is 0 Å². The molecule has 4 heteroatoms. The van der Waals surface area contributed by atoms with Gasteiger partial charge in [0.2, 0.25) is 0 Å². The molecule has 1 aromatic carbocycles. The van der Waals surface area contributed by atoms with E-state index in [-0.39, 0.29) is 45.9 Å². The van der Waals surface area contributed by atoms with Crippen molar-refractivity contribution in [3.05, 3.63) is 30.1 Å². The van der Waals surface area contributed by atoms with Crippen LogP contribution in [0.2, 0.25) is 0 Å². The molecule has 0 radical (unpaired) electrons. The molecule has 1 aromatic rings. The summed E-state index contributed by atoms with van der Waals surface area (Å²) in [6.07, 6.45) is 0. The number of benzene rings is 1. The first kappa shape index (κ1) is 13.8. The second-order valence-electron chi connectivity index (χ2n) is 1.58. The van der Waals surface area contributed by atoms with E-state index >= 15 is 0 Å². The fourth-order valence-electron chi connectivity index (χ4n) is 0.519. The molecule has 0 bridgehead atoms. The first-order valence-corrected chi connectivity index (χ1v) is 2.54. The molecule has 0 aromatic heterocycles. The maximum Gasteiger partial charge on any atom is 2.00 e. The van der Waals surface area contributed by atoms with E-state index in [1.807, 2.05) is 0 Å². The van der Waals surface area contributed by atoms with Crippen molar-refractivity contribution in [3.8, 4) is 5.75 Å². The Labute approximate surface area is 91.9 Å². The van der Waals surface area contributed by atoms with Crippen LogP contribution >= 0.6 is 0 Å². The normalized spacial score (nSPS) is 7.45. The Bertz CT molecular complexity index is 190. The largest absolute Gasteiger partial charge is 2.00 e. The van der Waals surface area contributed by atoms with Gasteiger partial charge in [-0.05, 0) is 0 Å². The molecule has 0 aliphatic rings. The zero-order chi connectivity index (χ0) is 6.69. The Morgan fingerprint density at radius 1 is 1.45 bits per heavy atom. The van der Waals surface area contributed by atoms with Crippen molar-refractivity contribution >= 4 is 23.1 Å². The number of hydrogen-bond acceptors (Lipinski definition) is 1. The van der Waals surface area contributed by atoms with Gasteiger partial charge >= 0.3 is 23.1 Å². The van der Waals surface area contributed by atoms with Crippen LogP contribution in [0.15, 0.2) is 18.2 Å². The molecule has 0 spiro atoms. The maximum atomic E-state index is 12.1. The van der Waals surface area contributed by atoms with Gasteiger partial charge in [-0.15, -0.1) is 24.3 Å². The van der Waals surface area contributed by atoms with Crippen LogP contribution in [0.3, 0.4) is 0 Å². The molecule has 0 unspecified atom stereocenters. The molecule has 0 amide bonds. The number of rotatable bonds is 1. The third kappa shape index (κ3) is 4.60. The minimum atomic E-state index is -0.365. The summed E-state index contributed by atoms with van der Waals surface area (Å²) in [5, 5.41) is 0. The van der Waals surface area contributed by atoms with Crippen LogP contribution in [-0.2, 0) is 0 Å². The molecule has 0 saturated heterocycles. The Kier molecular flexibility index (Phi) is 8.61. The van der Waals surface area contributed by atoms with Gasteiger partial charge in [0.1, 0.15) is 0 Å². The second kappa shape index (κ2) is 6.88. The van der Waals surface area contributed by atoms with Crippen molar-refractivity contribution in [1.29, 1.82) is 0 Å². The van der Waals surface area contributed by atoms with Gasteiger partial charge in [-0.2, -0.15) is 0 Å². The molecule has 0 aliphatic heterocycles. The van der Waals surface area contributed by atoms with Crippen LogP contribution in [0.4, 0.5) is 4.39 Å². The summed E-state index contributed by atoms with van der Waals surface area (Å²) in [4.78, 5) is 0. The third-order valence-electron chi connectivity index (χ3n) is 0.982. The number of ether oxygens (including phenoxy) is 1. The smallest absolute Gasteiger partial charge is 1.00 e. The molecule has 1 rings (SSSR count). The number of halogens is 2. The summed E-state index contributed by atoms with van der Waals surface area (Å²) in [6, 6.07) is 6.66. The summed E-state index contributed by atoms with van der Waals surface area (Å²) in [6.45, 7) is 0. The average Bonchev–Trinajstić information content (AvgIpc) is 1.90. The van der Waals surface area contributed by atoms with E-state index in [9.17, 15) is 4.39 Å². The molecule has 0 heterocycles. The second-order valence-corrected chi connectivity index (χ2v) is 1.58. The van der Waals surface area contributed by atoms with Crippen LogP contribution in [0.5, 0.6) is 5.75 Å². The molecule has 0 saturated carbocycles. The van der Waals surface area contributed by atoms with E-state index in [0.717, 1.165) is 0 Å². The SMILES string of the molecule is COc1c[c-]c(F)cc1.[Br-].[Mg+2]. The Hall–Kier alpha value is 0.196. The standard InChI is InChI=1S/C7H6FO.BrH.Mg/c1-9-7-4-2-6(8)3-5-7;;/h2,4-5H,1H3;1H;/q-1;;+2/p-1. The van der Waals surface area contributed by atoms with Crippen molar-refractivity contribution in [1.82, 2.24) is 0 Å². The van der Waals surface area contributed by atoms with Crippen LogP contribution in [0.25, 0.3) is 0 Å². The van der Waals surface area contributed by atoms with Crippen LogP contribution in [0.1, 0.15) is 0 Å². The average molecular weight is 229 g/mol. The molecular formula is C7H6BrFMgO. The number of methoxy groups -OCH3 is 1. The summed E-state index contributed by atoms with van der Waals surface area (Å²) in [5.41, 5.74) is 0. The predicted molar refractivity (Wildman–Crippen MR) is 37.5 cm³/mol. The Morgan fingerprint density at radius 2 is 2.09 bits per heavy atom. The fraction of sp³-hybridized carbons (Fsp3) is 0.143. The predicted octanol–water partition coefficient (Wildman–Crippen LogP) is -1.74. The molecule has 0 N–H and O–H groups in total. The van der Waals surface area contributed by atoms with E-state index in [2.05, 4.69) is 6.07 Å². The van der Waals surface area contributed by atoms with E-state index in [1.165, 1.54) is 19.2 Å². The summed E-state index contributed by atoms with van der Waals surface area (Å²) in [5.74, 6) is 0.257. The Morgan fingerprint density at radius 3 is 2.45 bits per heavy atom. The summed E-state index contributed by atoms with van der Waals surface area (Å²) in [7, 11) is 1.53. The van der Waals surface area contributed by atoms with E-state index in [0.29, 0.717) is 5.75 Å². The topological polar surface area (TPSA) is 9.23 Å². The monoisotopic (exact) mass is 228 g/mol. The molecular weight excluding hydrogens is 223 g/mol. The van der Waals surface area contributed by atoms with Crippen molar-refractivity contribution in [2.45, 2.75) is 0 Å². The van der Waals surface area contributed by atoms with Crippen molar-refractivity contribution in [2.24, 2.45) is 0 Å². The van der Waals surface area contributed by atoms with Crippen LogP contribution in [0, 0.1) is 11.9 Å². The molecule has 0 fully saturated rings. The quantitative estimate of drug-likeness (QED) is 0.410. The van der Waals surface area contributed by atoms with Gasteiger partial charge in [-0.3, -0.25) is 0 Å². The van der Waals surface area contributed by atoms with Crippen molar-refractivity contribution < 1.29 is 26.1 Å². The third-order valence-corrected chi connectivity index (χ3v) is 0.982. The van der Waals surface area contributed by atoms with E-state index in [4.69, 9.17) is 4.74 Å².